The van der Waals surface area contributed by atoms with E-state index in [2.05, 4.69) is 5.73 Å². The Bertz CT molecular complexity index is 221. The predicted molar refractivity (Wildman–Crippen MR) is 31.6 cm³/mol. The maximum Gasteiger partial charge on any atom is 0.201 e. The fourth-order valence-corrected chi connectivity index (χ4v) is 1.05. The van der Waals surface area contributed by atoms with Crippen LogP contribution in [0.2, 0.25) is 0 Å². The number of thiophene rings is 1. The molecule has 1 rings (SSSR count). The molecule has 0 saturated heterocycles. The van der Waals surface area contributed by atoms with Crippen molar-refractivity contribution in [2.45, 2.75) is 0 Å². The van der Waals surface area contributed by atoms with Crippen molar-refractivity contribution in [1.29, 1.82) is 5.26 Å². The monoisotopic (exact) mass is 125 g/mol. The summed E-state index contributed by atoms with van der Waals surface area (Å²) in [5.74, 6) is 0. The van der Waals surface area contributed by atoms with Gasteiger partial charge in [0.2, 0.25) is 5.00 Å². The van der Waals surface area contributed by atoms with Crippen LogP contribution in [0.4, 0.5) is 5.00 Å². The lowest BCUT2D eigenvalue weighted by Crippen LogP contribution is -2.39. The first kappa shape index (κ1) is 5.29. The highest BCUT2D eigenvalue weighted by Gasteiger charge is 1.98. The van der Waals surface area contributed by atoms with Crippen LogP contribution in [0.5, 0.6) is 0 Å². The summed E-state index contributed by atoms with van der Waals surface area (Å²) in [5.41, 5.74) is 4.34. The quantitative estimate of drug-likeness (QED) is 0.539. The van der Waals surface area contributed by atoms with Crippen LogP contribution in [0.3, 0.4) is 0 Å². The maximum absolute atomic E-state index is 8.32. The highest BCUT2D eigenvalue weighted by atomic mass is 32.1. The van der Waals surface area contributed by atoms with Crippen LogP contribution in [0.15, 0.2) is 11.4 Å². The lowest BCUT2D eigenvalue weighted by atomic mass is 10.4. The minimum absolute atomic E-state index is 0.690. The second kappa shape index (κ2) is 1.95. The fraction of sp³-hybridized carbons (Fsp3) is 0. The third-order valence-electron chi connectivity index (χ3n) is 0.866. The Morgan fingerprint density at radius 2 is 2.50 bits per heavy atom. The first-order valence-corrected chi connectivity index (χ1v) is 3.02. The molecular weight excluding hydrogens is 120 g/mol. The molecule has 0 aliphatic carbocycles. The molecule has 0 aliphatic rings. The molecule has 40 valence electrons. The van der Waals surface area contributed by atoms with Crippen molar-refractivity contribution in [3.63, 3.8) is 0 Å². The van der Waals surface area contributed by atoms with E-state index in [9.17, 15) is 0 Å². The van der Waals surface area contributed by atoms with Crippen molar-refractivity contribution in [3.8, 4) is 6.07 Å². The average Bonchev–Trinajstić information content (AvgIpc) is 2.14. The van der Waals surface area contributed by atoms with Crippen LogP contribution in [0.25, 0.3) is 0 Å². The van der Waals surface area contributed by atoms with E-state index < -0.39 is 0 Å². The predicted octanol–water partition coefficient (Wildman–Crippen LogP) is 0.493. The molecule has 0 aromatic carbocycles. The summed E-state index contributed by atoms with van der Waals surface area (Å²) in [6.45, 7) is 0. The summed E-state index contributed by atoms with van der Waals surface area (Å²) in [5, 5.41) is 11.0. The Labute approximate surface area is 51.2 Å². The zero-order valence-corrected chi connectivity index (χ0v) is 5.03. The normalized spacial score (nSPS) is 8.50. The van der Waals surface area contributed by atoms with Crippen LogP contribution < -0.4 is 5.73 Å². The fourth-order valence-electron chi connectivity index (χ4n) is 0.440. The molecule has 0 amide bonds. The third kappa shape index (κ3) is 0.713. The third-order valence-corrected chi connectivity index (χ3v) is 1.64. The summed E-state index contributed by atoms with van der Waals surface area (Å²) in [6.07, 6.45) is 0. The van der Waals surface area contributed by atoms with E-state index in [1.165, 1.54) is 11.3 Å². The molecular formula is C5H5N2S+. The Kier molecular flexibility index (Phi) is 1.29. The molecule has 0 spiro atoms. The van der Waals surface area contributed by atoms with Crippen molar-refractivity contribution < 1.29 is 5.73 Å². The highest BCUT2D eigenvalue weighted by molar-refractivity contribution is 7.13. The first-order valence-electron chi connectivity index (χ1n) is 2.14. The molecule has 0 fully saturated rings. The number of quaternary nitrogens is 1. The summed E-state index contributed by atoms with van der Waals surface area (Å²) in [4.78, 5) is 0. The van der Waals surface area contributed by atoms with Gasteiger partial charge in [0.05, 0.1) is 0 Å². The van der Waals surface area contributed by atoms with E-state index in [0.29, 0.717) is 5.56 Å². The molecule has 0 aliphatic heterocycles. The second-order valence-corrected chi connectivity index (χ2v) is 2.37. The van der Waals surface area contributed by atoms with Gasteiger partial charge in [0.15, 0.2) is 0 Å². The van der Waals surface area contributed by atoms with Gasteiger partial charge >= 0.3 is 0 Å². The molecule has 2 nitrogen and oxygen atoms in total. The van der Waals surface area contributed by atoms with Crippen molar-refractivity contribution in [2.24, 2.45) is 0 Å². The van der Waals surface area contributed by atoms with Gasteiger partial charge in [0.1, 0.15) is 11.6 Å². The molecule has 0 saturated carbocycles. The Morgan fingerprint density at radius 1 is 1.75 bits per heavy atom. The zero-order chi connectivity index (χ0) is 5.98. The minimum Gasteiger partial charge on any atom is -0.315 e. The van der Waals surface area contributed by atoms with Crippen LogP contribution in [0.1, 0.15) is 5.56 Å². The van der Waals surface area contributed by atoms with Gasteiger partial charge in [-0.3, -0.25) is 0 Å². The number of hydrogen-bond donors (Lipinski definition) is 1. The van der Waals surface area contributed by atoms with Crippen molar-refractivity contribution in [1.82, 2.24) is 0 Å². The van der Waals surface area contributed by atoms with Crippen molar-refractivity contribution in [2.75, 3.05) is 0 Å². The molecule has 3 heteroatoms. The summed E-state index contributed by atoms with van der Waals surface area (Å²) < 4.78 is 0. The molecule has 8 heavy (non-hydrogen) atoms. The van der Waals surface area contributed by atoms with Gasteiger partial charge in [-0.2, -0.15) is 5.26 Å². The average molecular weight is 125 g/mol. The number of hydrogen-bond acceptors (Lipinski definition) is 2. The molecule has 3 N–H and O–H groups in total. The summed E-state index contributed by atoms with van der Waals surface area (Å²) >= 11 is 1.50. The van der Waals surface area contributed by atoms with E-state index in [4.69, 9.17) is 5.26 Å². The summed E-state index contributed by atoms with van der Waals surface area (Å²) in [6, 6.07) is 3.79. The van der Waals surface area contributed by atoms with E-state index in [0.717, 1.165) is 5.00 Å². The molecule has 1 aromatic rings. The molecule has 0 radical (unpaired) electrons. The van der Waals surface area contributed by atoms with Gasteiger partial charge < -0.3 is 5.73 Å². The SMILES string of the molecule is N#Cc1ccsc1[NH3+]. The van der Waals surface area contributed by atoms with Gasteiger partial charge in [0.25, 0.3) is 0 Å². The van der Waals surface area contributed by atoms with E-state index in [-0.39, 0.29) is 0 Å². The van der Waals surface area contributed by atoms with Crippen LogP contribution in [-0.2, 0) is 0 Å². The zero-order valence-electron chi connectivity index (χ0n) is 4.22. The maximum atomic E-state index is 8.32. The molecule has 1 heterocycles. The van der Waals surface area contributed by atoms with Crippen LogP contribution >= 0.6 is 11.3 Å². The summed E-state index contributed by atoms with van der Waals surface area (Å²) in [7, 11) is 0. The van der Waals surface area contributed by atoms with E-state index in [1.54, 1.807) is 6.07 Å². The van der Waals surface area contributed by atoms with Crippen molar-refractivity contribution >= 4 is 16.3 Å². The van der Waals surface area contributed by atoms with Crippen molar-refractivity contribution in [3.05, 3.63) is 17.0 Å². The molecule has 0 unspecified atom stereocenters. The van der Waals surface area contributed by atoms with Gasteiger partial charge in [-0.1, -0.05) is 11.3 Å². The second-order valence-electron chi connectivity index (χ2n) is 1.37. The van der Waals surface area contributed by atoms with Gasteiger partial charge in [0, 0.05) is 0 Å². The Morgan fingerprint density at radius 3 is 2.75 bits per heavy atom. The number of nitriles is 1. The highest BCUT2D eigenvalue weighted by Crippen LogP contribution is 2.14. The molecule has 1 aromatic heterocycles. The standard InChI is InChI=1S/C5H4N2S/c6-3-4-1-2-8-5(4)7/h1-2H,7H2/p+1. The number of nitrogens with zero attached hydrogens (tertiary/aromatic N) is 1. The smallest absolute Gasteiger partial charge is 0.201 e. The molecule has 0 bridgehead atoms. The lowest BCUT2D eigenvalue weighted by Gasteiger charge is -1.72. The first-order chi connectivity index (χ1) is 3.84. The largest absolute Gasteiger partial charge is 0.315 e. The van der Waals surface area contributed by atoms with Gasteiger partial charge in [-0.05, 0) is 11.4 Å². The van der Waals surface area contributed by atoms with Crippen LogP contribution in [-0.4, -0.2) is 0 Å². The Balaban J connectivity index is 3.15. The van der Waals surface area contributed by atoms with Gasteiger partial charge in [-0.25, -0.2) is 0 Å². The van der Waals surface area contributed by atoms with Gasteiger partial charge in [-0.15, -0.1) is 0 Å². The molecule has 0 atom stereocenters. The number of rotatable bonds is 0. The van der Waals surface area contributed by atoms with Crippen LogP contribution in [0, 0.1) is 11.3 Å². The topological polar surface area (TPSA) is 51.4 Å². The van der Waals surface area contributed by atoms with E-state index >= 15 is 0 Å². The minimum atomic E-state index is 0.690. The Hall–Kier alpha value is -0.850. The van der Waals surface area contributed by atoms with E-state index in [1.807, 2.05) is 11.4 Å². The lowest BCUT2D eigenvalue weighted by molar-refractivity contribution is -0.249.